The molecule has 2 rings (SSSR count). The molecule has 7 heteroatoms. The fourth-order valence-corrected chi connectivity index (χ4v) is 3.19. The Morgan fingerprint density at radius 1 is 1.40 bits per heavy atom. The van der Waals surface area contributed by atoms with Crippen molar-refractivity contribution in [2.75, 3.05) is 30.9 Å². The molecule has 0 bridgehead atoms. The number of nitrogens with two attached hydrogens (primary N) is 2. The van der Waals surface area contributed by atoms with Gasteiger partial charge in [-0.05, 0) is 37.5 Å². The molecule has 0 aromatic heterocycles. The molecule has 1 saturated carbocycles. The Morgan fingerprint density at radius 3 is 2.55 bits per heavy atom. The predicted octanol–water partition coefficient (Wildman–Crippen LogP) is 0.840. The standard InChI is InChI=1S/C13H21N3O3S/c1-9-12(16(5-6-19-2)11-3-4-11)7-10(14)8-13(9)20(15,17)18/h7-8,11H,3-6,14H2,1-2H3,(H2,15,17,18). The zero-order chi connectivity index (χ0) is 14.9. The smallest absolute Gasteiger partial charge is 0.238 e. The third-order valence-corrected chi connectivity index (χ3v) is 4.53. The quantitative estimate of drug-likeness (QED) is 0.758. The second-order valence-electron chi connectivity index (χ2n) is 5.13. The summed E-state index contributed by atoms with van der Waals surface area (Å²) in [6, 6.07) is 3.65. The SMILES string of the molecule is COCCN(c1cc(N)cc(S(N)(=O)=O)c1C)C1CC1. The summed E-state index contributed by atoms with van der Waals surface area (Å²) in [7, 11) is -2.13. The fourth-order valence-electron chi connectivity index (χ4n) is 2.36. The Kier molecular flexibility index (Phi) is 4.22. The van der Waals surface area contributed by atoms with Crippen molar-refractivity contribution in [1.82, 2.24) is 0 Å². The lowest BCUT2D eigenvalue weighted by Gasteiger charge is -2.27. The van der Waals surface area contributed by atoms with Gasteiger partial charge in [-0.2, -0.15) is 0 Å². The Labute approximate surface area is 119 Å². The first kappa shape index (κ1) is 15.1. The Bertz CT molecular complexity index is 597. The number of nitrogens with zero attached hydrogens (tertiary/aromatic N) is 1. The van der Waals surface area contributed by atoms with E-state index in [-0.39, 0.29) is 4.90 Å². The topological polar surface area (TPSA) is 98.7 Å². The summed E-state index contributed by atoms with van der Waals surface area (Å²) in [4.78, 5) is 2.25. The number of hydrogen-bond acceptors (Lipinski definition) is 5. The number of primary sulfonamides is 1. The van der Waals surface area contributed by atoms with Gasteiger partial charge in [-0.1, -0.05) is 0 Å². The van der Waals surface area contributed by atoms with Crippen molar-refractivity contribution in [2.24, 2.45) is 5.14 Å². The summed E-state index contributed by atoms with van der Waals surface area (Å²) in [6.45, 7) is 3.04. The van der Waals surface area contributed by atoms with Gasteiger partial charge in [0.15, 0.2) is 0 Å². The highest BCUT2D eigenvalue weighted by atomic mass is 32.2. The molecule has 0 saturated heterocycles. The van der Waals surface area contributed by atoms with E-state index in [1.165, 1.54) is 6.07 Å². The second kappa shape index (κ2) is 5.59. The summed E-state index contributed by atoms with van der Waals surface area (Å²) in [5.74, 6) is 0. The van der Waals surface area contributed by atoms with Crippen LogP contribution in [-0.2, 0) is 14.8 Å². The number of benzene rings is 1. The molecule has 1 aliphatic carbocycles. The van der Waals surface area contributed by atoms with Crippen molar-refractivity contribution in [3.05, 3.63) is 17.7 Å². The molecule has 20 heavy (non-hydrogen) atoms. The summed E-state index contributed by atoms with van der Waals surface area (Å²) >= 11 is 0. The molecule has 0 amide bonds. The number of anilines is 2. The highest BCUT2D eigenvalue weighted by Crippen LogP contribution is 2.36. The van der Waals surface area contributed by atoms with Gasteiger partial charge in [0, 0.05) is 31.1 Å². The maximum atomic E-state index is 11.7. The third kappa shape index (κ3) is 3.23. The van der Waals surface area contributed by atoms with Crippen molar-refractivity contribution < 1.29 is 13.2 Å². The molecular formula is C13H21N3O3S. The van der Waals surface area contributed by atoms with Crippen LogP contribution in [-0.4, -0.2) is 34.7 Å². The highest BCUT2D eigenvalue weighted by molar-refractivity contribution is 7.89. The van der Waals surface area contributed by atoms with Crippen LogP contribution in [0, 0.1) is 6.92 Å². The molecule has 1 aromatic carbocycles. The lowest BCUT2D eigenvalue weighted by atomic mass is 10.1. The molecule has 0 aliphatic heterocycles. The van der Waals surface area contributed by atoms with Crippen LogP contribution in [0.5, 0.6) is 0 Å². The zero-order valence-electron chi connectivity index (χ0n) is 11.8. The van der Waals surface area contributed by atoms with Crippen LogP contribution < -0.4 is 15.8 Å². The first-order valence-electron chi connectivity index (χ1n) is 6.53. The van der Waals surface area contributed by atoms with Gasteiger partial charge in [0.05, 0.1) is 11.5 Å². The number of nitrogen functional groups attached to an aromatic ring is 1. The Morgan fingerprint density at radius 2 is 2.05 bits per heavy atom. The highest BCUT2D eigenvalue weighted by Gasteiger charge is 2.31. The van der Waals surface area contributed by atoms with Crippen molar-refractivity contribution in [2.45, 2.75) is 30.7 Å². The molecule has 1 fully saturated rings. The Hall–Kier alpha value is -1.31. The maximum Gasteiger partial charge on any atom is 0.238 e. The van der Waals surface area contributed by atoms with Gasteiger partial charge in [0.1, 0.15) is 0 Å². The van der Waals surface area contributed by atoms with Crippen LogP contribution in [0.1, 0.15) is 18.4 Å². The van der Waals surface area contributed by atoms with Gasteiger partial charge in [-0.15, -0.1) is 0 Å². The van der Waals surface area contributed by atoms with E-state index < -0.39 is 10.0 Å². The minimum atomic E-state index is -3.78. The van der Waals surface area contributed by atoms with Gasteiger partial charge < -0.3 is 15.4 Å². The molecule has 6 nitrogen and oxygen atoms in total. The summed E-state index contributed by atoms with van der Waals surface area (Å²) in [6.07, 6.45) is 2.20. The minimum absolute atomic E-state index is 0.0931. The summed E-state index contributed by atoms with van der Waals surface area (Å²) in [5.41, 5.74) is 7.71. The van der Waals surface area contributed by atoms with Gasteiger partial charge in [-0.25, -0.2) is 13.6 Å². The van der Waals surface area contributed by atoms with Crippen molar-refractivity contribution in [3.63, 3.8) is 0 Å². The van der Waals surface area contributed by atoms with Gasteiger partial charge in [0.25, 0.3) is 0 Å². The molecule has 4 N–H and O–H groups in total. The maximum absolute atomic E-state index is 11.7. The lowest BCUT2D eigenvalue weighted by molar-refractivity contribution is 0.205. The third-order valence-electron chi connectivity index (χ3n) is 3.49. The largest absolute Gasteiger partial charge is 0.399 e. The van der Waals surface area contributed by atoms with Crippen molar-refractivity contribution in [1.29, 1.82) is 0 Å². The second-order valence-corrected chi connectivity index (χ2v) is 6.66. The van der Waals surface area contributed by atoms with E-state index in [1.807, 2.05) is 0 Å². The fraction of sp³-hybridized carbons (Fsp3) is 0.538. The van der Waals surface area contributed by atoms with E-state index in [2.05, 4.69) is 4.90 Å². The molecule has 0 atom stereocenters. The first-order chi connectivity index (χ1) is 9.34. The number of ether oxygens (including phenoxy) is 1. The van der Waals surface area contributed by atoms with Crippen molar-refractivity contribution in [3.8, 4) is 0 Å². The van der Waals surface area contributed by atoms with Crippen LogP contribution in [0.4, 0.5) is 11.4 Å². The summed E-state index contributed by atoms with van der Waals surface area (Å²) in [5, 5.41) is 5.26. The predicted molar refractivity (Wildman–Crippen MR) is 79.2 cm³/mol. The van der Waals surface area contributed by atoms with Crippen LogP contribution in [0.2, 0.25) is 0 Å². The summed E-state index contributed by atoms with van der Waals surface area (Å²) < 4.78 is 28.4. The number of hydrogen-bond donors (Lipinski definition) is 2. The number of rotatable bonds is 6. The number of methoxy groups -OCH3 is 1. The molecule has 0 spiro atoms. The van der Waals surface area contributed by atoms with E-state index in [0.29, 0.717) is 30.4 Å². The van der Waals surface area contributed by atoms with Crippen molar-refractivity contribution >= 4 is 21.4 Å². The van der Waals surface area contributed by atoms with E-state index in [1.54, 1.807) is 20.1 Å². The molecule has 0 unspecified atom stereocenters. The molecule has 1 aromatic rings. The average molecular weight is 299 g/mol. The van der Waals surface area contributed by atoms with Crippen LogP contribution in [0.15, 0.2) is 17.0 Å². The van der Waals surface area contributed by atoms with Crippen LogP contribution in [0.25, 0.3) is 0 Å². The number of sulfonamides is 1. The molecule has 0 radical (unpaired) electrons. The van der Waals surface area contributed by atoms with E-state index in [4.69, 9.17) is 15.6 Å². The molecule has 0 heterocycles. The van der Waals surface area contributed by atoms with Gasteiger partial charge in [-0.3, -0.25) is 0 Å². The van der Waals surface area contributed by atoms with Gasteiger partial charge in [0.2, 0.25) is 10.0 Å². The molecular weight excluding hydrogens is 278 g/mol. The van der Waals surface area contributed by atoms with Gasteiger partial charge >= 0.3 is 0 Å². The first-order valence-corrected chi connectivity index (χ1v) is 8.07. The molecule has 1 aliphatic rings. The van der Waals surface area contributed by atoms with E-state index in [9.17, 15) is 8.42 Å². The van der Waals surface area contributed by atoms with Crippen LogP contribution in [0.3, 0.4) is 0 Å². The lowest BCUT2D eigenvalue weighted by Crippen LogP contribution is -2.30. The Balaban J connectivity index is 2.46. The van der Waals surface area contributed by atoms with E-state index >= 15 is 0 Å². The van der Waals surface area contributed by atoms with Crippen LogP contribution >= 0.6 is 0 Å². The van der Waals surface area contributed by atoms with E-state index in [0.717, 1.165) is 18.5 Å². The average Bonchev–Trinajstić information content (AvgIpc) is 3.16. The molecule has 112 valence electrons. The normalized spacial score (nSPS) is 15.3. The monoisotopic (exact) mass is 299 g/mol. The zero-order valence-corrected chi connectivity index (χ0v) is 12.6. The minimum Gasteiger partial charge on any atom is -0.399 e.